The Morgan fingerprint density at radius 1 is 1.23 bits per heavy atom. The van der Waals surface area contributed by atoms with E-state index in [2.05, 4.69) is 36.4 Å². The van der Waals surface area contributed by atoms with Gasteiger partial charge in [-0.05, 0) is 56.3 Å². The van der Waals surface area contributed by atoms with Gasteiger partial charge in [0.2, 0.25) is 5.91 Å². The van der Waals surface area contributed by atoms with E-state index in [0.717, 1.165) is 15.8 Å². The number of ether oxygens (including phenoxy) is 1. The molecule has 0 saturated carbocycles. The Bertz CT molecular complexity index is 1330. The number of carbonyl (C=O) groups is 1. The molecule has 2 aromatic heterocycles. The summed E-state index contributed by atoms with van der Waals surface area (Å²) in [5.74, 6) is 1.41. The minimum atomic E-state index is -0.305. The third kappa shape index (κ3) is 6.56. The summed E-state index contributed by atoms with van der Waals surface area (Å²) in [5.41, 5.74) is 1.43. The Balaban J connectivity index is 1.36. The molecule has 4 aromatic rings. The molecule has 0 aliphatic heterocycles. The number of hydrogen-bond acceptors (Lipinski definition) is 7. The first-order chi connectivity index (χ1) is 16.8. The summed E-state index contributed by atoms with van der Waals surface area (Å²) >= 11 is 18.3. The van der Waals surface area contributed by atoms with Gasteiger partial charge in [-0.2, -0.15) is 0 Å². The highest BCUT2D eigenvalue weighted by Crippen LogP contribution is 2.32. The predicted molar refractivity (Wildman–Crippen MR) is 146 cm³/mol. The van der Waals surface area contributed by atoms with E-state index >= 15 is 0 Å². The van der Waals surface area contributed by atoms with Crippen LogP contribution in [0.1, 0.15) is 25.8 Å². The highest BCUT2D eigenvalue weighted by molar-refractivity contribution is 9.10. The quantitative estimate of drug-likeness (QED) is 0.199. The minimum absolute atomic E-state index is 0.163. The summed E-state index contributed by atoms with van der Waals surface area (Å²) in [5, 5.41) is 15.4. The third-order valence-electron chi connectivity index (χ3n) is 4.84. The Kier molecular flexibility index (Phi) is 8.72. The van der Waals surface area contributed by atoms with Gasteiger partial charge in [0.05, 0.1) is 16.5 Å². The molecule has 2 aromatic carbocycles. The van der Waals surface area contributed by atoms with E-state index in [9.17, 15) is 4.79 Å². The second-order valence-corrected chi connectivity index (χ2v) is 10.9. The number of carbonyl (C=O) groups excluding carboxylic acids is 1. The number of hydrogen-bond donors (Lipinski definition) is 1. The van der Waals surface area contributed by atoms with Crippen molar-refractivity contribution in [3.63, 3.8) is 0 Å². The summed E-state index contributed by atoms with van der Waals surface area (Å²) in [6.07, 6.45) is -0.305. The first-order valence-electron chi connectivity index (χ1n) is 10.5. The summed E-state index contributed by atoms with van der Waals surface area (Å²) < 4.78 is 8.94. The molecule has 4 rings (SSSR count). The fourth-order valence-electron chi connectivity index (χ4n) is 3.21. The minimum Gasteiger partial charge on any atom is -0.483 e. The Labute approximate surface area is 229 Å². The monoisotopic (exact) mass is 611 g/mol. The van der Waals surface area contributed by atoms with Crippen molar-refractivity contribution in [2.45, 2.75) is 31.7 Å². The van der Waals surface area contributed by atoms with E-state index in [0.29, 0.717) is 38.4 Å². The highest BCUT2D eigenvalue weighted by atomic mass is 79.9. The number of thioether (sulfide) groups is 1. The van der Waals surface area contributed by atoms with Gasteiger partial charge in [-0.15, -0.1) is 21.5 Å². The maximum Gasteiger partial charge on any atom is 0.236 e. The van der Waals surface area contributed by atoms with Crippen molar-refractivity contribution in [2.75, 3.05) is 11.1 Å². The molecular formula is C23H20BrCl2N5O2S2. The van der Waals surface area contributed by atoms with Crippen LogP contribution in [0.5, 0.6) is 5.75 Å². The maximum atomic E-state index is 12.6. The van der Waals surface area contributed by atoms with Crippen LogP contribution in [-0.4, -0.2) is 31.4 Å². The highest BCUT2D eigenvalue weighted by Gasteiger charge is 2.20. The van der Waals surface area contributed by atoms with Crippen molar-refractivity contribution in [3.8, 4) is 17.0 Å². The number of halogens is 3. The number of nitrogens with one attached hydrogen (secondary N) is 1. The second-order valence-electron chi connectivity index (χ2n) is 7.30. The fraction of sp³-hybridized carbons (Fsp3) is 0.217. The molecule has 0 aliphatic rings. The smallest absolute Gasteiger partial charge is 0.236 e. The van der Waals surface area contributed by atoms with Crippen molar-refractivity contribution >= 4 is 73.3 Å². The van der Waals surface area contributed by atoms with Gasteiger partial charge in [-0.1, -0.05) is 50.9 Å². The lowest BCUT2D eigenvalue weighted by molar-refractivity contribution is -0.113. The molecular weight excluding hydrogens is 593 g/mol. The molecule has 0 radical (unpaired) electrons. The molecule has 0 spiro atoms. The number of benzene rings is 2. The zero-order valence-electron chi connectivity index (χ0n) is 18.7. The van der Waals surface area contributed by atoms with Crippen LogP contribution in [-0.2, 0) is 11.3 Å². The number of thiazole rings is 1. The number of amides is 1. The Morgan fingerprint density at radius 3 is 2.71 bits per heavy atom. The zero-order chi connectivity index (χ0) is 24.9. The van der Waals surface area contributed by atoms with Gasteiger partial charge in [0.25, 0.3) is 0 Å². The summed E-state index contributed by atoms with van der Waals surface area (Å²) in [6, 6.07) is 12.8. The first-order valence-corrected chi connectivity index (χ1v) is 13.9. The van der Waals surface area contributed by atoms with Crippen LogP contribution < -0.4 is 10.1 Å². The van der Waals surface area contributed by atoms with E-state index in [1.807, 2.05) is 48.1 Å². The van der Waals surface area contributed by atoms with Gasteiger partial charge < -0.3 is 14.6 Å². The normalized spacial score (nSPS) is 11.9. The molecule has 1 atom stereocenters. The zero-order valence-corrected chi connectivity index (χ0v) is 23.4. The first kappa shape index (κ1) is 26.0. The van der Waals surface area contributed by atoms with Crippen LogP contribution in [0.2, 0.25) is 10.0 Å². The average Bonchev–Trinajstić information content (AvgIpc) is 3.46. The largest absolute Gasteiger partial charge is 0.483 e. The van der Waals surface area contributed by atoms with Crippen LogP contribution in [0.3, 0.4) is 0 Å². The van der Waals surface area contributed by atoms with Crippen molar-refractivity contribution in [1.29, 1.82) is 0 Å². The fourth-order valence-corrected chi connectivity index (χ4v) is 5.52. The molecule has 1 N–H and O–H groups in total. The molecule has 7 nitrogen and oxygen atoms in total. The molecule has 0 bridgehead atoms. The second kappa shape index (κ2) is 11.7. The van der Waals surface area contributed by atoms with E-state index in [1.54, 1.807) is 18.2 Å². The lowest BCUT2D eigenvalue weighted by atomic mass is 10.2. The number of rotatable bonds is 9. The predicted octanol–water partition coefficient (Wildman–Crippen LogP) is 7.36. The molecule has 35 heavy (non-hydrogen) atoms. The van der Waals surface area contributed by atoms with Crippen molar-refractivity contribution in [2.24, 2.45) is 0 Å². The lowest BCUT2D eigenvalue weighted by Crippen LogP contribution is -2.15. The van der Waals surface area contributed by atoms with E-state index in [-0.39, 0.29) is 17.8 Å². The molecule has 1 amide bonds. The van der Waals surface area contributed by atoms with Crippen LogP contribution >= 0.6 is 62.2 Å². The van der Waals surface area contributed by atoms with Crippen LogP contribution in [0.4, 0.5) is 5.13 Å². The van der Waals surface area contributed by atoms with E-state index in [4.69, 9.17) is 27.9 Å². The van der Waals surface area contributed by atoms with E-state index in [1.165, 1.54) is 23.1 Å². The Morgan fingerprint density at radius 2 is 2.00 bits per heavy atom. The molecule has 0 saturated heterocycles. The maximum absolute atomic E-state index is 12.6. The topological polar surface area (TPSA) is 81.9 Å². The van der Waals surface area contributed by atoms with Crippen molar-refractivity contribution < 1.29 is 9.53 Å². The van der Waals surface area contributed by atoms with Gasteiger partial charge in [0.15, 0.2) is 22.2 Å². The molecule has 0 aliphatic carbocycles. The molecule has 0 fully saturated rings. The summed E-state index contributed by atoms with van der Waals surface area (Å²) in [6.45, 7) is 4.58. The number of nitrogens with zero attached hydrogens (tertiary/aromatic N) is 4. The van der Waals surface area contributed by atoms with Gasteiger partial charge >= 0.3 is 0 Å². The van der Waals surface area contributed by atoms with Gasteiger partial charge in [0.1, 0.15) is 5.75 Å². The lowest BCUT2D eigenvalue weighted by Gasteiger charge is -2.15. The Hall–Kier alpha value is -2.11. The van der Waals surface area contributed by atoms with Crippen molar-refractivity contribution in [1.82, 2.24) is 19.7 Å². The standard InChI is InChI=1S/C23H20BrCl2N5O2S2/c1-3-31-21(13(2)33-16-7-4-14(24)5-8-16)29-30-23(31)35-12-20(32)28-22-27-19(11-34-22)17-9-6-15(25)10-18(17)26/h4-11,13H,3,12H2,1-2H3,(H,27,28,32). The van der Waals surface area contributed by atoms with Gasteiger partial charge in [0, 0.05) is 27.0 Å². The van der Waals surface area contributed by atoms with E-state index < -0.39 is 0 Å². The number of aromatic nitrogens is 4. The molecule has 12 heteroatoms. The number of anilines is 1. The van der Waals surface area contributed by atoms with Gasteiger partial charge in [-0.25, -0.2) is 4.98 Å². The molecule has 182 valence electrons. The summed E-state index contributed by atoms with van der Waals surface area (Å²) in [4.78, 5) is 17.0. The van der Waals surface area contributed by atoms with Gasteiger partial charge in [-0.3, -0.25) is 4.79 Å². The third-order valence-corrected chi connectivity index (χ3v) is 7.64. The van der Waals surface area contributed by atoms with Crippen LogP contribution in [0.15, 0.2) is 57.5 Å². The SMILES string of the molecule is CCn1c(SCC(=O)Nc2nc(-c3ccc(Cl)cc3Cl)cs2)nnc1C(C)Oc1ccc(Br)cc1. The molecule has 1 unspecified atom stereocenters. The van der Waals surface area contributed by atoms with Crippen LogP contribution in [0, 0.1) is 0 Å². The van der Waals surface area contributed by atoms with Crippen LogP contribution in [0.25, 0.3) is 11.3 Å². The summed E-state index contributed by atoms with van der Waals surface area (Å²) in [7, 11) is 0. The average molecular weight is 613 g/mol. The molecule has 2 heterocycles. The van der Waals surface area contributed by atoms with Crippen molar-refractivity contribution in [3.05, 3.63) is 68.2 Å².